The standard InChI is InChI=1S/C7H6IN3O/c8-6-4-1-2-5(12)11-7(4)10-3-9-6/h3H,1-2H2,(H,9,10,11,12). The summed E-state index contributed by atoms with van der Waals surface area (Å²) >= 11 is 2.15. The monoisotopic (exact) mass is 275 g/mol. The molecule has 0 bridgehead atoms. The Morgan fingerprint density at radius 2 is 2.25 bits per heavy atom. The van der Waals surface area contributed by atoms with Gasteiger partial charge in [0.05, 0.1) is 0 Å². The Balaban J connectivity index is 2.48. The van der Waals surface area contributed by atoms with Crippen LogP contribution in [-0.4, -0.2) is 15.9 Å². The van der Waals surface area contributed by atoms with Gasteiger partial charge in [-0.05, 0) is 29.0 Å². The van der Waals surface area contributed by atoms with Crippen molar-refractivity contribution >= 4 is 34.3 Å². The highest BCUT2D eigenvalue weighted by Crippen LogP contribution is 2.22. The zero-order chi connectivity index (χ0) is 8.55. The zero-order valence-corrected chi connectivity index (χ0v) is 8.33. The van der Waals surface area contributed by atoms with Crippen LogP contribution in [0.15, 0.2) is 6.33 Å². The third-order valence-corrected chi connectivity index (χ3v) is 2.68. The van der Waals surface area contributed by atoms with Crippen LogP contribution in [0.2, 0.25) is 0 Å². The lowest BCUT2D eigenvalue weighted by Gasteiger charge is -2.15. The summed E-state index contributed by atoms with van der Waals surface area (Å²) in [7, 11) is 0. The van der Waals surface area contributed by atoms with Crippen LogP contribution in [0.5, 0.6) is 0 Å². The minimum absolute atomic E-state index is 0.0389. The molecule has 1 aromatic rings. The number of amides is 1. The lowest BCUT2D eigenvalue weighted by atomic mass is 10.1. The molecule has 1 aliphatic rings. The average molecular weight is 275 g/mol. The van der Waals surface area contributed by atoms with E-state index in [9.17, 15) is 4.79 Å². The second kappa shape index (κ2) is 2.96. The number of nitrogens with one attached hydrogen (secondary N) is 1. The first-order valence-corrected chi connectivity index (χ1v) is 4.64. The SMILES string of the molecule is O=C1CCc2c(I)ncnc2N1. The largest absolute Gasteiger partial charge is 0.310 e. The average Bonchev–Trinajstić information content (AvgIpc) is 2.04. The van der Waals surface area contributed by atoms with Gasteiger partial charge < -0.3 is 5.32 Å². The Bertz CT molecular complexity index is 339. The molecule has 4 nitrogen and oxygen atoms in total. The van der Waals surface area contributed by atoms with Gasteiger partial charge in [-0.1, -0.05) is 0 Å². The smallest absolute Gasteiger partial charge is 0.225 e. The molecule has 62 valence electrons. The molecule has 5 heteroatoms. The van der Waals surface area contributed by atoms with Crippen molar-refractivity contribution in [2.45, 2.75) is 12.8 Å². The first-order valence-electron chi connectivity index (χ1n) is 3.56. The molecular formula is C7H6IN3O. The quantitative estimate of drug-likeness (QED) is 0.567. The molecule has 0 radical (unpaired) electrons. The summed E-state index contributed by atoms with van der Waals surface area (Å²) in [4.78, 5) is 19.0. The number of halogens is 1. The second-order valence-corrected chi connectivity index (χ2v) is 3.56. The topological polar surface area (TPSA) is 54.9 Å². The predicted molar refractivity (Wildman–Crippen MR) is 51.7 cm³/mol. The van der Waals surface area contributed by atoms with Gasteiger partial charge in [0.2, 0.25) is 5.91 Å². The number of anilines is 1. The number of hydrogen-bond acceptors (Lipinski definition) is 3. The molecule has 0 saturated heterocycles. The highest BCUT2D eigenvalue weighted by molar-refractivity contribution is 14.1. The lowest BCUT2D eigenvalue weighted by Crippen LogP contribution is -2.21. The second-order valence-electron chi connectivity index (χ2n) is 2.54. The fourth-order valence-electron chi connectivity index (χ4n) is 1.15. The van der Waals surface area contributed by atoms with E-state index >= 15 is 0 Å². The van der Waals surface area contributed by atoms with E-state index in [0.717, 1.165) is 15.7 Å². The molecule has 2 heterocycles. The molecule has 1 N–H and O–H groups in total. The van der Waals surface area contributed by atoms with Crippen molar-refractivity contribution in [3.05, 3.63) is 15.6 Å². The van der Waals surface area contributed by atoms with Crippen molar-refractivity contribution in [1.82, 2.24) is 9.97 Å². The first kappa shape index (κ1) is 7.90. The van der Waals surface area contributed by atoms with Crippen molar-refractivity contribution in [2.75, 3.05) is 5.32 Å². The number of rotatable bonds is 0. The minimum Gasteiger partial charge on any atom is -0.310 e. The maximum absolute atomic E-state index is 11.0. The van der Waals surface area contributed by atoms with E-state index in [4.69, 9.17) is 0 Å². The maximum atomic E-state index is 11.0. The van der Waals surface area contributed by atoms with Gasteiger partial charge in [0.1, 0.15) is 15.8 Å². The molecule has 0 aliphatic carbocycles. The van der Waals surface area contributed by atoms with Crippen LogP contribution >= 0.6 is 22.6 Å². The van der Waals surface area contributed by atoms with Crippen LogP contribution in [0, 0.1) is 3.70 Å². The van der Waals surface area contributed by atoms with E-state index in [2.05, 4.69) is 37.9 Å². The lowest BCUT2D eigenvalue weighted by molar-refractivity contribution is -0.116. The summed E-state index contributed by atoms with van der Waals surface area (Å²) in [5, 5.41) is 2.71. The molecule has 12 heavy (non-hydrogen) atoms. The molecule has 0 saturated carbocycles. The van der Waals surface area contributed by atoms with Gasteiger partial charge in [-0.2, -0.15) is 0 Å². The number of nitrogens with zero attached hydrogens (tertiary/aromatic N) is 2. The predicted octanol–water partition coefficient (Wildman–Crippen LogP) is 0.966. The molecule has 0 spiro atoms. The summed E-state index contributed by atoms with van der Waals surface area (Å²) in [5.74, 6) is 0.711. The van der Waals surface area contributed by atoms with Crippen molar-refractivity contribution < 1.29 is 4.79 Å². The van der Waals surface area contributed by atoms with Crippen LogP contribution in [0.1, 0.15) is 12.0 Å². The molecule has 1 aliphatic heterocycles. The number of hydrogen-bond donors (Lipinski definition) is 1. The molecular weight excluding hydrogens is 269 g/mol. The van der Waals surface area contributed by atoms with E-state index in [0.29, 0.717) is 12.2 Å². The third kappa shape index (κ3) is 1.28. The van der Waals surface area contributed by atoms with Crippen LogP contribution in [0.3, 0.4) is 0 Å². The summed E-state index contributed by atoms with van der Waals surface area (Å²) < 4.78 is 0.928. The van der Waals surface area contributed by atoms with Gasteiger partial charge in [-0.15, -0.1) is 0 Å². The van der Waals surface area contributed by atoms with E-state index in [1.165, 1.54) is 6.33 Å². The highest BCUT2D eigenvalue weighted by atomic mass is 127. The van der Waals surface area contributed by atoms with Crippen LogP contribution < -0.4 is 5.32 Å². The molecule has 1 aromatic heterocycles. The van der Waals surface area contributed by atoms with Gasteiger partial charge in [0, 0.05) is 12.0 Å². The first-order chi connectivity index (χ1) is 5.77. The normalized spacial score (nSPS) is 15.2. The summed E-state index contributed by atoms with van der Waals surface area (Å²) in [5.41, 5.74) is 1.05. The van der Waals surface area contributed by atoms with E-state index in [-0.39, 0.29) is 5.91 Å². The Kier molecular flexibility index (Phi) is 1.95. The third-order valence-electron chi connectivity index (χ3n) is 1.75. The fraction of sp³-hybridized carbons (Fsp3) is 0.286. The minimum atomic E-state index is 0.0389. The molecule has 1 amide bonds. The van der Waals surface area contributed by atoms with Gasteiger partial charge >= 0.3 is 0 Å². The fourth-order valence-corrected chi connectivity index (χ4v) is 1.80. The van der Waals surface area contributed by atoms with Crippen LogP contribution in [0.4, 0.5) is 5.82 Å². The highest BCUT2D eigenvalue weighted by Gasteiger charge is 2.18. The molecule has 0 aromatic carbocycles. The van der Waals surface area contributed by atoms with Crippen molar-refractivity contribution in [2.24, 2.45) is 0 Å². The Morgan fingerprint density at radius 3 is 3.08 bits per heavy atom. The molecule has 0 fully saturated rings. The van der Waals surface area contributed by atoms with Gasteiger partial charge in [-0.3, -0.25) is 4.79 Å². The van der Waals surface area contributed by atoms with Crippen LogP contribution in [0.25, 0.3) is 0 Å². The number of fused-ring (bicyclic) bond motifs is 1. The van der Waals surface area contributed by atoms with Crippen molar-refractivity contribution in [1.29, 1.82) is 0 Å². The van der Waals surface area contributed by atoms with Gasteiger partial charge in [0.15, 0.2) is 0 Å². The van der Waals surface area contributed by atoms with Crippen LogP contribution in [-0.2, 0) is 11.2 Å². The van der Waals surface area contributed by atoms with E-state index in [1.54, 1.807) is 0 Å². The molecule has 0 unspecified atom stereocenters. The number of carbonyl (C=O) groups is 1. The van der Waals surface area contributed by atoms with Crippen molar-refractivity contribution in [3.63, 3.8) is 0 Å². The Hall–Kier alpha value is -0.720. The van der Waals surface area contributed by atoms with Crippen molar-refractivity contribution in [3.8, 4) is 0 Å². The summed E-state index contributed by atoms with van der Waals surface area (Å²) in [6, 6.07) is 0. The van der Waals surface area contributed by atoms with E-state index in [1.807, 2.05) is 0 Å². The number of aromatic nitrogens is 2. The summed E-state index contributed by atoms with van der Waals surface area (Å²) in [6.07, 6.45) is 2.75. The van der Waals surface area contributed by atoms with Gasteiger partial charge in [-0.25, -0.2) is 9.97 Å². The van der Waals surface area contributed by atoms with Gasteiger partial charge in [0.25, 0.3) is 0 Å². The Morgan fingerprint density at radius 1 is 1.42 bits per heavy atom. The zero-order valence-electron chi connectivity index (χ0n) is 6.17. The molecule has 0 atom stereocenters. The maximum Gasteiger partial charge on any atom is 0.225 e. The van der Waals surface area contributed by atoms with E-state index < -0.39 is 0 Å². The molecule has 2 rings (SSSR count). The Labute approximate surface area is 82.9 Å². The number of carbonyl (C=O) groups excluding carboxylic acids is 1. The summed E-state index contributed by atoms with van der Waals surface area (Å²) in [6.45, 7) is 0.